The highest BCUT2D eigenvalue weighted by molar-refractivity contribution is 7.16. The number of piperazine rings is 1. The molecule has 2 aromatic heterocycles. The Labute approximate surface area is 129 Å². The molecule has 0 atom stereocenters. The van der Waals surface area contributed by atoms with Crippen LogP contribution in [-0.4, -0.2) is 54.1 Å². The van der Waals surface area contributed by atoms with Crippen LogP contribution in [0.25, 0.3) is 10.2 Å². The molecule has 0 spiro atoms. The highest BCUT2D eigenvalue weighted by Gasteiger charge is 2.19. The predicted molar refractivity (Wildman–Crippen MR) is 89.0 cm³/mol. The van der Waals surface area contributed by atoms with E-state index in [-0.39, 0.29) is 0 Å². The normalized spacial score (nSPS) is 16.7. The quantitative estimate of drug-likeness (QED) is 0.827. The van der Waals surface area contributed by atoms with E-state index in [4.69, 9.17) is 5.73 Å². The summed E-state index contributed by atoms with van der Waals surface area (Å²) in [5.41, 5.74) is 5.54. The van der Waals surface area contributed by atoms with Gasteiger partial charge in [-0.15, -0.1) is 11.3 Å². The zero-order valence-corrected chi connectivity index (χ0v) is 13.2. The van der Waals surface area contributed by atoms with Crippen LogP contribution in [0.1, 0.15) is 19.3 Å². The highest BCUT2D eigenvalue weighted by atomic mass is 32.1. The topological polar surface area (TPSA) is 58.3 Å². The fraction of sp³-hybridized carbons (Fsp3) is 0.600. The lowest BCUT2D eigenvalue weighted by Gasteiger charge is -2.35. The van der Waals surface area contributed by atoms with Crippen LogP contribution in [0.15, 0.2) is 17.8 Å². The number of rotatable bonds is 6. The maximum absolute atomic E-state index is 5.54. The molecule has 1 saturated heterocycles. The summed E-state index contributed by atoms with van der Waals surface area (Å²) in [6.45, 7) is 6.37. The Morgan fingerprint density at radius 3 is 2.76 bits per heavy atom. The molecule has 5 nitrogen and oxygen atoms in total. The molecule has 0 saturated carbocycles. The standard InChI is InChI=1S/C15H23N5S/c16-5-2-1-3-6-19-7-9-20(10-8-19)14-13-4-11-21-15(13)18-12-17-14/h4,11-12H,1-3,5-10,16H2. The molecule has 0 unspecified atom stereocenters. The van der Waals surface area contributed by atoms with E-state index in [0.717, 1.165) is 49.8 Å². The SMILES string of the molecule is NCCCCCN1CCN(c2ncnc3sccc23)CC1. The van der Waals surface area contributed by atoms with Gasteiger partial charge < -0.3 is 10.6 Å². The number of aromatic nitrogens is 2. The molecule has 3 heterocycles. The van der Waals surface area contributed by atoms with Crippen molar-refractivity contribution in [1.82, 2.24) is 14.9 Å². The Kier molecular flexibility index (Phi) is 5.00. The van der Waals surface area contributed by atoms with Crippen molar-refractivity contribution in [3.8, 4) is 0 Å². The van der Waals surface area contributed by atoms with Gasteiger partial charge in [0.15, 0.2) is 0 Å². The van der Waals surface area contributed by atoms with E-state index >= 15 is 0 Å². The minimum absolute atomic E-state index is 0.818. The summed E-state index contributed by atoms with van der Waals surface area (Å²) < 4.78 is 0. The Morgan fingerprint density at radius 2 is 1.95 bits per heavy atom. The molecule has 3 rings (SSSR count). The van der Waals surface area contributed by atoms with Gasteiger partial charge in [0.1, 0.15) is 17.0 Å². The van der Waals surface area contributed by atoms with Crippen LogP contribution in [-0.2, 0) is 0 Å². The van der Waals surface area contributed by atoms with Gasteiger partial charge in [-0.05, 0) is 37.4 Å². The van der Waals surface area contributed by atoms with E-state index in [2.05, 4.69) is 31.2 Å². The largest absolute Gasteiger partial charge is 0.353 e. The van der Waals surface area contributed by atoms with Crippen LogP contribution in [0.3, 0.4) is 0 Å². The lowest BCUT2D eigenvalue weighted by Crippen LogP contribution is -2.47. The predicted octanol–water partition coefficient (Wildman–Crippen LogP) is 1.94. The van der Waals surface area contributed by atoms with E-state index in [1.807, 2.05) is 0 Å². The number of hydrogen-bond acceptors (Lipinski definition) is 6. The van der Waals surface area contributed by atoms with Gasteiger partial charge >= 0.3 is 0 Å². The van der Waals surface area contributed by atoms with Gasteiger partial charge in [-0.3, -0.25) is 4.90 Å². The first-order chi connectivity index (χ1) is 10.4. The molecule has 1 aliphatic rings. The molecule has 21 heavy (non-hydrogen) atoms. The van der Waals surface area contributed by atoms with Crippen molar-refractivity contribution < 1.29 is 0 Å². The van der Waals surface area contributed by atoms with Crippen molar-refractivity contribution in [1.29, 1.82) is 0 Å². The van der Waals surface area contributed by atoms with Crippen molar-refractivity contribution in [2.75, 3.05) is 44.2 Å². The Hall–Kier alpha value is -1.24. The zero-order chi connectivity index (χ0) is 14.5. The van der Waals surface area contributed by atoms with E-state index < -0.39 is 0 Å². The van der Waals surface area contributed by atoms with Gasteiger partial charge in [0.25, 0.3) is 0 Å². The van der Waals surface area contributed by atoms with Crippen molar-refractivity contribution in [3.63, 3.8) is 0 Å². The lowest BCUT2D eigenvalue weighted by atomic mass is 10.2. The van der Waals surface area contributed by atoms with E-state index in [9.17, 15) is 0 Å². The highest BCUT2D eigenvalue weighted by Crippen LogP contribution is 2.27. The second-order valence-electron chi connectivity index (χ2n) is 5.51. The molecule has 0 bridgehead atoms. The number of hydrogen-bond donors (Lipinski definition) is 1. The van der Waals surface area contributed by atoms with Gasteiger partial charge in [-0.25, -0.2) is 9.97 Å². The Balaban J connectivity index is 1.55. The summed E-state index contributed by atoms with van der Waals surface area (Å²) in [6, 6.07) is 2.13. The Bertz CT molecular complexity index is 562. The van der Waals surface area contributed by atoms with Gasteiger partial charge in [0, 0.05) is 26.2 Å². The number of unbranched alkanes of at least 4 members (excludes halogenated alkanes) is 2. The summed E-state index contributed by atoms with van der Waals surface area (Å²) in [5, 5.41) is 3.29. The van der Waals surface area contributed by atoms with Crippen molar-refractivity contribution in [2.45, 2.75) is 19.3 Å². The molecule has 0 amide bonds. The number of fused-ring (bicyclic) bond motifs is 1. The molecular weight excluding hydrogens is 282 g/mol. The zero-order valence-electron chi connectivity index (χ0n) is 12.4. The molecule has 2 N–H and O–H groups in total. The molecule has 6 heteroatoms. The lowest BCUT2D eigenvalue weighted by molar-refractivity contribution is 0.252. The second-order valence-corrected chi connectivity index (χ2v) is 6.41. The summed E-state index contributed by atoms with van der Waals surface area (Å²) in [7, 11) is 0. The molecule has 0 aliphatic carbocycles. The van der Waals surface area contributed by atoms with Gasteiger partial charge in [0.2, 0.25) is 0 Å². The number of nitrogens with two attached hydrogens (primary N) is 1. The third-order valence-electron chi connectivity index (χ3n) is 4.09. The average Bonchev–Trinajstić information content (AvgIpc) is 3.01. The number of thiophene rings is 1. The summed E-state index contributed by atoms with van der Waals surface area (Å²) in [5.74, 6) is 1.10. The minimum atomic E-state index is 0.818. The van der Waals surface area contributed by atoms with E-state index in [1.54, 1.807) is 17.7 Å². The Morgan fingerprint density at radius 1 is 1.10 bits per heavy atom. The average molecular weight is 305 g/mol. The smallest absolute Gasteiger partial charge is 0.140 e. The molecule has 0 aromatic carbocycles. The first-order valence-electron chi connectivity index (χ1n) is 7.74. The third-order valence-corrected chi connectivity index (χ3v) is 4.91. The molecule has 1 fully saturated rings. The van der Waals surface area contributed by atoms with Gasteiger partial charge in [-0.1, -0.05) is 6.42 Å². The molecule has 0 radical (unpaired) electrons. The van der Waals surface area contributed by atoms with Crippen LogP contribution in [0.5, 0.6) is 0 Å². The molecule has 114 valence electrons. The van der Waals surface area contributed by atoms with E-state index in [0.29, 0.717) is 0 Å². The summed E-state index contributed by atoms with van der Waals surface area (Å²) in [6.07, 6.45) is 5.35. The molecular formula is C15H23N5S. The van der Waals surface area contributed by atoms with E-state index in [1.165, 1.54) is 24.8 Å². The first-order valence-corrected chi connectivity index (χ1v) is 8.62. The van der Waals surface area contributed by atoms with Crippen LogP contribution in [0, 0.1) is 0 Å². The third kappa shape index (κ3) is 3.51. The second kappa shape index (κ2) is 7.15. The van der Waals surface area contributed by atoms with Crippen LogP contribution < -0.4 is 10.6 Å². The van der Waals surface area contributed by atoms with Crippen LogP contribution in [0.2, 0.25) is 0 Å². The van der Waals surface area contributed by atoms with Crippen molar-refractivity contribution in [2.24, 2.45) is 5.73 Å². The summed E-state index contributed by atoms with van der Waals surface area (Å²) in [4.78, 5) is 14.9. The first kappa shape index (κ1) is 14.7. The minimum Gasteiger partial charge on any atom is -0.353 e. The maximum Gasteiger partial charge on any atom is 0.140 e. The maximum atomic E-state index is 5.54. The summed E-state index contributed by atoms with van der Waals surface area (Å²) >= 11 is 1.68. The van der Waals surface area contributed by atoms with Crippen LogP contribution in [0.4, 0.5) is 5.82 Å². The fourth-order valence-electron chi connectivity index (χ4n) is 2.87. The van der Waals surface area contributed by atoms with Crippen molar-refractivity contribution in [3.05, 3.63) is 17.8 Å². The molecule has 2 aromatic rings. The number of anilines is 1. The fourth-order valence-corrected chi connectivity index (χ4v) is 3.60. The monoisotopic (exact) mass is 305 g/mol. The van der Waals surface area contributed by atoms with Crippen LogP contribution >= 0.6 is 11.3 Å². The number of nitrogens with zero attached hydrogens (tertiary/aromatic N) is 4. The molecule has 1 aliphatic heterocycles. The van der Waals surface area contributed by atoms with Gasteiger partial charge in [0.05, 0.1) is 5.39 Å². The van der Waals surface area contributed by atoms with Gasteiger partial charge in [-0.2, -0.15) is 0 Å². The van der Waals surface area contributed by atoms with Crippen molar-refractivity contribution >= 4 is 27.4 Å².